The molecule has 1 saturated heterocycles. The molecule has 0 unspecified atom stereocenters. The molecule has 1 atom stereocenters. The van der Waals surface area contributed by atoms with E-state index in [-0.39, 0.29) is 24.5 Å². The summed E-state index contributed by atoms with van der Waals surface area (Å²) in [6, 6.07) is 21.7. The van der Waals surface area contributed by atoms with Crippen LogP contribution in [0.2, 0.25) is 0 Å². The number of carbonyl (C=O) groups excluding carboxylic acids is 2. The van der Waals surface area contributed by atoms with E-state index < -0.39 is 0 Å². The molecule has 0 spiro atoms. The highest BCUT2D eigenvalue weighted by Gasteiger charge is 2.27. The molecule has 1 aliphatic rings. The molecule has 0 N–H and O–H groups in total. The zero-order chi connectivity index (χ0) is 23.8. The largest absolute Gasteiger partial charge is 0.376 e. The van der Waals surface area contributed by atoms with Gasteiger partial charge in [-0.25, -0.2) is 0 Å². The molecule has 5 nitrogen and oxygen atoms in total. The van der Waals surface area contributed by atoms with Crippen LogP contribution in [-0.2, 0) is 29.0 Å². The maximum Gasteiger partial charge on any atom is 0.254 e. The van der Waals surface area contributed by atoms with E-state index in [1.165, 1.54) is 5.56 Å². The van der Waals surface area contributed by atoms with Crippen molar-refractivity contribution in [3.05, 3.63) is 93.7 Å². The average molecular weight is 477 g/mol. The van der Waals surface area contributed by atoms with Crippen LogP contribution in [-0.4, -0.2) is 47.4 Å². The third-order valence-electron chi connectivity index (χ3n) is 6.17. The first-order valence-electron chi connectivity index (χ1n) is 12.0. The highest BCUT2D eigenvalue weighted by atomic mass is 32.1. The van der Waals surface area contributed by atoms with Crippen molar-refractivity contribution in [3.63, 3.8) is 0 Å². The van der Waals surface area contributed by atoms with Gasteiger partial charge >= 0.3 is 0 Å². The number of rotatable bonds is 10. The van der Waals surface area contributed by atoms with E-state index in [2.05, 4.69) is 6.92 Å². The number of amides is 2. The van der Waals surface area contributed by atoms with Crippen molar-refractivity contribution in [2.45, 2.75) is 45.4 Å². The van der Waals surface area contributed by atoms with Crippen LogP contribution in [0.4, 0.5) is 0 Å². The van der Waals surface area contributed by atoms with Crippen LogP contribution in [0.3, 0.4) is 0 Å². The van der Waals surface area contributed by atoms with E-state index in [0.29, 0.717) is 31.8 Å². The van der Waals surface area contributed by atoms with E-state index >= 15 is 0 Å². The fourth-order valence-electron chi connectivity index (χ4n) is 4.21. The van der Waals surface area contributed by atoms with Gasteiger partial charge in [0.1, 0.15) is 6.54 Å². The molecule has 1 aromatic heterocycles. The summed E-state index contributed by atoms with van der Waals surface area (Å²) in [6.45, 7) is 4.30. The van der Waals surface area contributed by atoms with Crippen LogP contribution in [0, 0.1) is 0 Å². The Balaban J connectivity index is 1.53. The van der Waals surface area contributed by atoms with Crippen LogP contribution in [0.15, 0.2) is 72.1 Å². The normalized spacial score (nSPS) is 15.3. The van der Waals surface area contributed by atoms with Crippen LogP contribution in [0.25, 0.3) is 0 Å². The Morgan fingerprint density at radius 2 is 1.74 bits per heavy atom. The van der Waals surface area contributed by atoms with Crippen LogP contribution < -0.4 is 0 Å². The lowest BCUT2D eigenvalue weighted by molar-refractivity contribution is -0.133. The summed E-state index contributed by atoms with van der Waals surface area (Å²) in [4.78, 5) is 31.7. The lowest BCUT2D eigenvalue weighted by atomic mass is 10.1. The lowest BCUT2D eigenvalue weighted by Gasteiger charge is -2.29. The fourth-order valence-corrected chi connectivity index (χ4v) is 4.93. The van der Waals surface area contributed by atoms with E-state index in [1.54, 1.807) is 16.2 Å². The van der Waals surface area contributed by atoms with Crippen molar-refractivity contribution in [1.82, 2.24) is 9.80 Å². The number of carbonyl (C=O) groups is 2. The predicted molar refractivity (Wildman–Crippen MR) is 136 cm³/mol. The second kappa shape index (κ2) is 12.0. The van der Waals surface area contributed by atoms with Gasteiger partial charge in [0.05, 0.1) is 12.6 Å². The van der Waals surface area contributed by atoms with E-state index in [4.69, 9.17) is 4.74 Å². The molecule has 2 amide bonds. The van der Waals surface area contributed by atoms with Crippen molar-refractivity contribution in [2.24, 2.45) is 0 Å². The molecule has 0 aliphatic carbocycles. The minimum Gasteiger partial charge on any atom is -0.376 e. The van der Waals surface area contributed by atoms with Gasteiger partial charge in [-0.2, -0.15) is 0 Å². The molecule has 4 rings (SSSR count). The van der Waals surface area contributed by atoms with Gasteiger partial charge in [-0.15, -0.1) is 11.3 Å². The van der Waals surface area contributed by atoms with Crippen LogP contribution in [0.1, 0.15) is 46.1 Å². The molecule has 34 heavy (non-hydrogen) atoms. The van der Waals surface area contributed by atoms with Gasteiger partial charge in [0.25, 0.3) is 5.91 Å². The number of hydrogen-bond acceptors (Lipinski definition) is 4. The number of aryl methyl sites for hydroxylation is 1. The molecule has 2 heterocycles. The number of benzene rings is 2. The number of ether oxygens (including phenoxy) is 1. The monoisotopic (exact) mass is 476 g/mol. The molecule has 0 bridgehead atoms. The molecule has 1 fully saturated rings. The van der Waals surface area contributed by atoms with E-state index in [0.717, 1.165) is 29.7 Å². The van der Waals surface area contributed by atoms with Gasteiger partial charge < -0.3 is 14.5 Å². The Hall–Kier alpha value is -2.96. The molecule has 2 aromatic carbocycles. The van der Waals surface area contributed by atoms with Crippen molar-refractivity contribution < 1.29 is 14.3 Å². The van der Waals surface area contributed by atoms with Gasteiger partial charge in [-0.1, -0.05) is 55.5 Å². The van der Waals surface area contributed by atoms with Crippen molar-refractivity contribution in [3.8, 4) is 0 Å². The summed E-state index contributed by atoms with van der Waals surface area (Å²) in [5, 5.41) is 2.02. The highest BCUT2D eigenvalue weighted by molar-refractivity contribution is 7.09. The number of thiophene rings is 1. The quantitative estimate of drug-likeness (QED) is 0.406. The first kappa shape index (κ1) is 24.2. The molecule has 0 radical (unpaired) electrons. The number of nitrogens with zero attached hydrogens (tertiary/aromatic N) is 2. The van der Waals surface area contributed by atoms with Crippen molar-refractivity contribution in [2.75, 3.05) is 19.7 Å². The lowest BCUT2D eigenvalue weighted by Crippen LogP contribution is -2.45. The summed E-state index contributed by atoms with van der Waals surface area (Å²) < 4.78 is 5.81. The Kier molecular flexibility index (Phi) is 8.50. The standard InChI is InChI=1S/C28H32N2O3S/c1-2-22-12-14-24(15-13-22)28(32)30(19-25-10-6-16-33-25)21-27(31)29(20-26-11-7-17-34-26)18-23-8-4-3-5-9-23/h3-5,7-9,11-15,17,25H,2,6,10,16,18-21H2,1H3/t25-/m0/s1. The smallest absolute Gasteiger partial charge is 0.254 e. The molecule has 3 aromatic rings. The van der Waals surface area contributed by atoms with Gasteiger partial charge in [0.15, 0.2) is 0 Å². The van der Waals surface area contributed by atoms with Crippen LogP contribution >= 0.6 is 11.3 Å². The predicted octanol–water partition coefficient (Wildman–Crippen LogP) is 5.16. The molecule has 1 aliphatic heterocycles. The number of hydrogen-bond donors (Lipinski definition) is 0. The second-order valence-electron chi connectivity index (χ2n) is 8.69. The zero-order valence-corrected chi connectivity index (χ0v) is 20.5. The summed E-state index contributed by atoms with van der Waals surface area (Å²) in [5.41, 5.74) is 2.86. The third-order valence-corrected chi connectivity index (χ3v) is 7.03. The topological polar surface area (TPSA) is 49.9 Å². The fraction of sp³-hybridized carbons (Fsp3) is 0.357. The van der Waals surface area contributed by atoms with Gasteiger partial charge in [0.2, 0.25) is 5.91 Å². The van der Waals surface area contributed by atoms with Crippen molar-refractivity contribution >= 4 is 23.2 Å². The Bertz CT molecular complexity index is 1050. The van der Waals surface area contributed by atoms with Gasteiger partial charge in [-0.3, -0.25) is 9.59 Å². The molecule has 178 valence electrons. The minimum atomic E-state index is -0.123. The van der Waals surface area contributed by atoms with Gasteiger partial charge in [0, 0.05) is 30.1 Å². The summed E-state index contributed by atoms with van der Waals surface area (Å²) in [7, 11) is 0. The van der Waals surface area contributed by atoms with E-state index in [1.807, 2.05) is 77.0 Å². The van der Waals surface area contributed by atoms with Crippen molar-refractivity contribution in [1.29, 1.82) is 0 Å². The molecule has 0 saturated carbocycles. The Morgan fingerprint density at radius 1 is 0.941 bits per heavy atom. The average Bonchev–Trinajstić information content (AvgIpc) is 3.58. The highest BCUT2D eigenvalue weighted by Crippen LogP contribution is 2.18. The summed E-state index contributed by atoms with van der Waals surface area (Å²) in [6.07, 6.45) is 2.80. The minimum absolute atomic E-state index is 0.0217. The maximum atomic E-state index is 13.6. The summed E-state index contributed by atoms with van der Waals surface area (Å²) >= 11 is 1.64. The van der Waals surface area contributed by atoms with Gasteiger partial charge in [-0.05, 0) is 54.0 Å². The second-order valence-corrected chi connectivity index (χ2v) is 9.72. The third kappa shape index (κ3) is 6.55. The molecular weight excluding hydrogens is 444 g/mol. The SMILES string of the molecule is CCc1ccc(C(=O)N(CC(=O)N(Cc2ccccc2)Cc2cccs2)C[C@@H]2CCCO2)cc1. The van der Waals surface area contributed by atoms with Crippen LogP contribution in [0.5, 0.6) is 0 Å². The maximum absolute atomic E-state index is 13.6. The zero-order valence-electron chi connectivity index (χ0n) is 19.7. The summed E-state index contributed by atoms with van der Waals surface area (Å²) in [5.74, 6) is -0.184. The van der Waals surface area contributed by atoms with E-state index in [9.17, 15) is 9.59 Å². The Labute approximate surface area is 206 Å². The molecular formula is C28H32N2O3S. The first-order chi connectivity index (χ1) is 16.6. The Morgan fingerprint density at radius 3 is 2.38 bits per heavy atom. The molecule has 6 heteroatoms. The first-order valence-corrected chi connectivity index (χ1v) is 12.8.